The third-order valence-electron chi connectivity index (χ3n) is 4.60. The van der Waals surface area contributed by atoms with Crippen LogP contribution in [0.15, 0.2) is 24.3 Å². The highest BCUT2D eigenvalue weighted by molar-refractivity contribution is 6.00. The van der Waals surface area contributed by atoms with Crippen LogP contribution in [0, 0.1) is 0 Å². The normalized spacial score (nSPS) is 16.0. The van der Waals surface area contributed by atoms with E-state index in [1.807, 2.05) is 6.92 Å². The summed E-state index contributed by atoms with van der Waals surface area (Å²) >= 11 is 0. The zero-order valence-corrected chi connectivity index (χ0v) is 17.2. The summed E-state index contributed by atoms with van der Waals surface area (Å²) in [6.07, 6.45) is 3.53. The van der Waals surface area contributed by atoms with E-state index in [4.69, 9.17) is 4.74 Å². The second kappa shape index (κ2) is 9.08. The molecule has 7 heteroatoms. The van der Waals surface area contributed by atoms with Crippen LogP contribution < -0.4 is 16.0 Å². The second-order valence-electron chi connectivity index (χ2n) is 8.16. The first-order valence-electron chi connectivity index (χ1n) is 9.86. The van der Waals surface area contributed by atoms with E-state index in [2.05, 4.69) is 16.0 Å². The summed E-state index contributed by atoms with van der Waals surface area (Å²) in [7, 11) is 0. The molecule has 28 heavy (non-hydrogen) atoms. The molecule has 0 aromatic heterocycles. The predicted molar refractivity (Wildman–Crippen MR) is 108 cm³/mol. The first-order valence-corrected chi connectivity index (χ1v) is 9.86. The molecule has 0 saturated heterocycles. The number of carbonyl (C=O) groups excluding carboxylic acids is 3. The molecule has 1 aromatic rings. The molecule has 3 N–H and O–H groups in total. The molecule has 1 saturated carbocycles. The Bertz CT molecular complexity index is 719. The highest BCUT2D eigenvalue weighted by Crippen LogP contribution is 2.29. The first kappa shape index (κ1) is 21.7. The van der Waals surface area contributed by atoms with Crippen LogP contribution in [0.1, 0.15) is 70.2 Å². The summed E-state index contributed by atoms with van der Waals surface area (Å²) in [5, 5.41) is 8.43. The Kier molecular flexibility index (Phi) is 7.05. The van der Waals surface area contributed by atoms with Crippen LogP contribution in [0.2, 0.25) is 0 Å². The zero-order chi connectivity index (χ0) is 20.8. The van der Waals surface area contributed by atoms with Crippen molar-refractivity contribution in [3.63, 3.8) is 0 Å². The van der Waals surface area contributed by atoms with Crippen LogP contribution in [0.3, 0.4) is 0 Å². The monoisotopic (exact) mass is 389 g/mol. The number of carbonyl (C=O) groups is 3. The Labute approximate surface area is 166 Å². The quantitative estimate of drug-likeness (QED) is 0.717. The fourth-order valence-corrected chi connectivity index (χ4v) is 3.34. The van der Waals surface area contributed by atoms with Crippen molar-refractivity contribution >= 4 is 23.6 Å². The van der Waals surface area contributed by atoms with Crippen LogP contribution in [0.25, 0.3) is 0 Å². The van der Waals surface area contributed by atoms with Crippen molar-refractivity contribution in [2.24, 2.45) is 0 Å². The molecule has 1 aliphatic carbocycles. The molecule has 1 aromatic carbocycles. The topological polar surface area (TPSA) is 96.5 Å². The average molecular weight is 389 g/mol. The Morgan fingerprint density at radius 3 is 2.39 bits per heavy atom. The standard InChI is InChI=1S/C21H31N3O4/c1-5-22-18(26)21(12-7-6-8-13-21)24-17(25)15-10-9-11-16(14-15)23-19(27)28-20(2,3)4/h9-11,14H,5-8,12-13H2,1-4H3,(H,22,26)(H,23,27)(H,24,25). The van der Waals surface area contributed by atoms with Crippen LogP contribution >= 0.6 is 0 Å². The molecular weight excluding hydrogens is 358 g/mol. The Hall–Kier alpha value is -2.57. The molecule has 1 aliphatic rings. The molecule has 0 bridgehead atoms. The molecule has 7 nitrogen and oxygen atoms in total. The summed E-state index contributed by atoms with van der Waals surface area (Å²) in [5.41, 5.74) is -0.653. The van der Waals surface area contributed by atoms with E-state index in [9.17, 15) is 14.4 Å². The van der Waals surface area contributed by atoms with Gasteiger partial charge in [-0.1, -0.05) is 25.3 Å². The van der Waals surface area contributed by atoms with E-state index in [-0.39, 0.29) is 11.8 Å². The summed E-state index contributed by atoms with van der Waals surface area (Å²) in [6, 6.07) is 6.60. The van der Waals surface area contributed by atoms with Gasteiger partial charge in [0, 0.05) is 17.8 Å². The average Bonchev–Trinajstić information content (AvgIpc) is 2.61. The van der Waals surface area contributed by atoms with E-state index in [1.165, 1.54) is 0 Å². The zero-order valence-electron chi connectivity index (χ0n) is 17.2. The van der Waals surface area contributed by atoms with Gasteiger partial charge in [-0.3, -0.25) is 14.9 Å². The number of benzene rings is 1. The van der Waals surface area contributed by atoms with E-state index < -0.39 is 17.2 Å². The van der Waals surface area contributed by atoms with Gasteiger partial charge < -0.3 is 15.4 Å². The van der Waals surface area contributed by atoms with Crippen molar-refractivity contribution in [3.05, 3.63) is 29.8 Å². The van der Waals surface area contributed by atoms with Gasteiger partial charge >= 0.3 is 6.09 Å². The highest BCUT2D eigenvalue weighted by Gasteiger charge is 2.40. The number of nitrogens with one attached hydrogen (secondary N) is 3. The van der Waals surface area contributed by atoms with Crippen LogP contribution in [0.5, 0.6) is 0 Å². The van der Waals surface area contributed by atoms with Gasteiger partial charge in [-0.2, -0.15) is 0 Å². The molecular formula is C21H31N3O4. The Balaban J connectivity index is 2.12. The van der Waals surface area contributed by atoms with Gasteiger partial charge in [0.25, 0.3) is 5.91 Å². The van der Waals surface area contributed by atoms with Gasteiger partial charge in [0.15, 0.2) is 0 Å². The highest BCUT2D eigenvalue weighted by atomic mass is 16.6. The maximum atomic E-state index is 12.9. The van der Waals surface area contributed by atoms with Gasteiger partial charge in [-0.05, 0) is 58.7 Å². The van der Waals surface area contributed by atoms with Gasteiger partial charge in [0.05, 0.1) is 0 Å². The van der Waals surface area contributed by atoms with Gasteiger partial charge in [0.1, 0.15) is 11.1 Å². The van der Waals surface area contributed by atoms with Crippen molar-refractivity contribution in [1.29, 1.82) is 0 Å². The van der Waals surface area contributed by atoms with Crippen molar-refractivity contribution in [1.82, 2.24) is 10.6 Å². The molecule has 0 spiro atoms. The molecule has 0 radical (unpaired) electrons. The van der Waals surface area contributed by atoms with Gasteiger partial charge in [-0.15, -0.1) is 0 Å². The fraction of sp³-hybridized carbons (Fsp3) is 0.571. The van der Waals surface area contributed by atoms with E-state index in [0.29, 0.717) is 30.6 Å². The lowest BCUT2D eigenvalue weighted by atomic mass is 9.80. The van der Waals surface area contributed by atoms with Crippen molar-refractivity contribution in [2.45, 2.75) is 70.9 Å². The number of hydrogen-bond donors (Lipinski definition) is 3. The Morgan fingerprint density at radius 2 is 1.79 bits per heavy atom. The molecule has 3 amide bonds. The summed E-state index contributed by atoms with van der Waals surface area (Å²) in [4.78, 5) is 37.4. The number of likely N-dealkylation sites (N-methyl/N-ethyl adjacent to an activating group) is 1. The number of amides is 3. The minimum absolute atomic E-state index is 0.133. The predicted octanol–water partition coefficient (Wildman–Crippen LogP) is 3.60. The van der Waals surface area contributed by atoms with E-state index in [1.54, 1.807) is 45.0 Å². The molecule has 1 fully saturated rings. The molecule has 154 valence electrons. The van der Waals surface area contributed by atoms with Crippen molar-refractivity contribution in [2.75, 3.05) is 11.9 Å². The smallest absolute Gasteiger partial charge is 0.412 e. The summed E-state index contributed by atoms with van der Waals surface area (Å²) < 4.78 is 5.23. The Morgan fingerprint density at radius 1 is 1.11 bits per heavy atom. The van der Waals surface area contributed by atoms with Crippen molar-refractivity contribution in [3.8, 4) is 0 Å². The number of anilines is 1. The van der Waals surface area contributed by atoms with Crippen LogP contribution in [0.4, 0.5) is 10.5 Å². The number of ether oxygens (including phenoxy) is 1. The van der Waals surface area contributed by atoms with Crippen LogP contribution in [-0.4, -0.2) is 35.6 Å². The number of hydrogen-bond acceptors (Lipinski definition) is 4. The largest absolute Gasteiger partial charge is 0.444 e. The maximum Gasteiger partial charge on any atom is 0.412 e. The second-order valence-corrected chi connectivity index (χ2v) is 8.16. The lowest BCUT2D eigenvalue weighted by Gasteiger charge is -2.36. The lowest BCUT2D eigenvalue weighted by molar-refractivity contribution is -0.128. The fourth-order valence-electron chi connectivity index (χ4n) is 3.34. The van der Waals surface area contributed by atoms with E-state index in [0.717, 1.165) is 19.3 Å². The maximum absolute atomic E-state index is 12.9. The number of rotatable bonds is 5. The van der Waals surface area contributed by atoms with Crippen LogP contribution in [-0.2, 0) is 9.53 Å². The molecule has 0 unspecified atom stereocenters. The molecule has 0 aliphatic heterocycles. The van der Waals surface area contributed by atoms with E-state index >= 15 is 0 Å². The SMILES string of the molecule is CCNC(=O)C1(NC(=O)c2cccc(NC(=O)OC(C)(C)C)c2)CCCCC1. The van der Waals surface area contributed by atoms with Gasteiger partial charge in [0.2, 0.25) is 5.91 Å². The minimum atomic E-state index is -0.875. The first-order chi connectivity index (χ1) is 13.1. The molecule has 2 rings (SSSR count). The van der Waals surface area contributed by atoms with Crippen molar-refractivity contribution < 1.29 is 19.1 Å². The lowest BCUT2D eigenvalue weighted by Crippen LogP contribution is -2.59. The third kappa shape index (κ3) is 5.97. The molecule has 0 heterocycles. The summed E-state index contributed by atoms with van der Waals surface area (Å²) in [5.74, 6) is -0.466. The van der Waals surface area contributed by atoms with Gasteiger partial charge in [-0.25, -0.2) is 4.79 Å². The minimum Gasteiger partial charge on any atom is -0.444 e. The summed E-state index contributed by atoms with van der Waals surface area (Å²) in [6.45, 7) is 7.72. The third-order valence-corrected chi connectivity index (χ3v) is 4.60. The molecule has 0 atom stereocenters.